The van der Waals surface area contributed by atoms with Crippen molar-refractivity contribution in [2.45, 2.75) is 51.1 Å². The van der Waals surface area contributed by atoms with Crippen molar-refractivity contribution in [2.24, 2.45) is 11.1 Å². The van der Waals surface area contributed by atoms with Crippen molar-refractivity contribution in [3.63, 3.8) is 0 Å². The van der Waals surface area contributed by atoms with Crippen molar-refractivity contribution in [1.82, 2.24) is 5.32 Å². The van der Waals surface area contributed by atoms with Gasteiger partial charge >= 0.3 is 0 Å². The van der Waals surface area contributed by atoms with Gasteiger partial charge in [-0.15, -0.1) is 0 Å². The lowest BCUT2D eigenvalue weighted by Gasteiger charge is -2.29. The van der Waals surface area contributed by atoms with Crippen LogP contribution in [0.2, 0.25) is 0 Å². The molecule has 0 bridgehead atoms. The standard InChI is InChI=1S/C12H20N2O/c1-12(8-4-7-10(12)13)11(15)14-9-5-2-3-6-9/h2-3,9-10H,4-8,13H2,1H3,(H,14,15). The molecule has 2 rings (SSSR count). The zero-order valence-corrected chi connectivity index (χ0v) is 9.33. The highest BCUT2D eigenvalue weighted by Crippen LogP contribution is 2.37. The van der Waals surface area contributed by atoms with Gasteiger partial charge in [0.1, 0.15) is 0 Å². The van der Waals surface area contributed by atoms with E-state index in [2.05, 4.69) is 17.5 Å². The third-order valence-electron chi connectivity index (χ3n) is 3.89. The lowest BCUT2D eigenvalue weighted by molar-refractivity contribution is -0.131. The highest BCUT2D eigenvalue weighted by atomic mass is 16.2. The molecule has 0 saturated heterocycles. The third-order valence-corrected chi connectivity index (χ3v) is 3.89. The molecule has 84 valence electrons. The van der Waals surface area contributed by atoms with E-state index in [1.807, 2.05) is 6.92 Å². The van der Waals surface area contributed by atoms with Crippen molar-refractivity contribution >= 4 is 5.91 Å². The highest BCUT2D eigenvalue weighted by molar-refractivity contribution is 5.83. The van der Waals surface area contributed by atoms with Gasteiger partial charge in [-0.2, -0.15) is 0 Å². The van der Waals surface area contributed by atoms with Crippen molar-refractivity contribution in [3.8, 4) is 0 Å². The fourth-order valence-corrected chi connectivity index (χ4v) is 2.56. The van der Waals surface area contributed by atoms with Crippen molar-refractivity contribution in [2.75, 3.05) is 0 Å². The number of rotatable bonds is 2. The van der Waals surface area contributed by atoms with Gasteiger partial charge in [0.2, 0.25) is 5.91 Å². The Kier molecular flexibility index (Phi) is 2.83. The van der Waals surface area contributed by atoms with Gasteiger partial charge in [-0.25, -0.2) is 0 Å². The number of amides is 1. The number of hydrogen-bond acceptors (Lipinski definition) is 2. The molecule has 2 atom stereocenters. The quantitative estimate of drug-likeness (QED) is 0.673. The maximum atomic E-state index is 12.1. The molecule has 3 N–H and O–H groups in total. The number of nitrogens with one attached hydrogen (secondary N) is 1. The van der Waals surface area contributed by atoms with Crippen LogP contribution < -0.4 is 11.1 Å². The molecule has 2 aliphatic carbocycles. The van der Waals surface area contributed by atoms with E-state index in [9.17, 15) is 4.79 Å². The topological polar surface area (TPSA) is 55.1 Å². The van der Waals surface area contributed by atoms with Crippen LogP contribution in [0.5, 0.6) is 0 Å². The molecule has 0 radical (unpaired) electrons. The van der Waals surface area contributed by atoms with Gasteiger partial charge in [0.15, 0.2) is 0 Å². The summed E-state index contributed by atoms with van der Waals surface area (Å²) in [5.74, 6) is 0.154. The van der Waals surface area contributed by atoms with E-state index in [0.717, 1.165) is 32.1 Å². The maximum Gasteiger partial charge on any atom is 0.227 e. The summed E-state index contributed by atoms with van der Waals surface area (Å²) in [6, 6.07) is 0.342. The third kappa shape index (κ3) is 1.93. The molecular weight excluding hydrogens is 188 g/mol. The molecule has 1 fully saturated rings. The van der Waals surface area contributed by atoms with Crippen LogP contribution in [0.25, 0.3) is 0 Å². The minimum Gasteiger partial charge on any atom is -0.352 e. The highest BCUT2D eigenvalue weighted by Gasteiger charge is 2.43. The summed E-state index contributed by atoms with van der Waals surface area (Å²) in [6.45, 7) is 2.00. The second-order valence-electron chi connectivity index (χ2n) is 5.03. The first-order chi connectivity index (χ1) is 7.13. The minimum absolute atomic E-state index is 0.0341. The van der Waals surface area contributed by atoms with E-state index in [0.29, 0.717) is 6.04 Å². The molecule has 0 aromatic carbocycles. The van der Waals surface area contributed by atoms with E-state index in [-0.39, 0.29) is 17.4 Å². The van der Waals surface area contributed by atoms with E-state index >= 15 is 0 Å². The SMILES string of the molecule is CC1(C(=O)NC2CC=CC2)CCCC1N. The number of carbonyl (C=O) groups excluding carboxylic acids is 1. The Bertz CT molecular complexity index is 279. The van der Waals surface area contributed by atoms with Crippen molar-refractivity contribution in [3.05, 3.63) is 12.2 Å². The average molecular weight is 208 g/mol. The molecular formula is C12H20N2O. The van der Waals surface area contributed by atoms with Gasteiger partial charge in [-0.05, 0) is 32.6 Å². The number of nitrogens with two attached hydrogens (primary N) is 1. The van der Waals surface area contributed by atoms with Crippen LogP contribution in [-0.4, -0.2) is 18.0 Å². The van der Waals surface area contributed by atoms with E-state index in [1.54, 1.807) is 0 Å². The fourth-order valence-electron chi connectivity index (χ4n) is 2.56. The predicted octanol–water partition coefficient (Wildman–Crippen LogP) is 1.34. The van der Waals surface area contributed by atoms with Gasteiger partial charge in [0, 0.05) is 12.1 Å². The molecule has 3 heteroatoms. The van der Waals surface area contributed by atoms with E-state index < -0.39 is 0 Å². The van der Waals surface area contributed by atoms with Crippen LogP contribution in [0.15, 0.2) is 12.2 Å². The van der Waals surface area contributed by atoms with Crippen LogP contribution in [0.4, 0.5) is 0 Å². The Labute approximate surface area is 91.1 Å². The first-order valence-electron chi connectivity index (χ1n) is 5.84. The molecule has 1 saturated carbocycles. The van der Waals surface area contributed by atoms with Crippen molar-refractivity contribution in [1.29, 1.82) is 0 Å². The molecule has 3 nitrogen and oxygen atoms in total. The lowest BCUT2D eigenvalue weighted by Crippen LogP contribution is -2.49. The molecule has 0 aliphatic heterocycles. The zero-order valence-electron chi connectivity index (χ0n) is 9.33. The normalized spacial score (nSPS) is 36.0. The van der Waals surface area contributed by atoms with Crippen LogP contribution >= 0.6 is 0 Å². The Morgan fingerprint density at radius 3 is 2.67 bits per heavy atom. The summed E-state index contributed by atoms with van der Waals surface area (Å²) in [6.07, 6.45) is 9.18. The monoisotopic (exact) mass is 208 g/mol. The van der Waals surface area contributed by atoms with Crippen LogP contribution in [0.1, 0.15) is 39.0 Å². The van der Waals surface area contributed by atoms with Gasteiger partial charge in [0.25, 0.3) is 0 Å². The summed E-state index contributed by atoms with van der Waals surface area (Å²) < 4.78 is 0. The molecule has 0 aromatic rings. The molecule has 2 unspecified atom stereocenters. The van der Waals surface area contributed by atoms with Crippen LogP contribution in [0, 0.1) is 5.41 Å². The summed E-state index contributed by atoms with van der Waals surface area (Å²) in [4.78, 5) is 12.1. The molecule has 2 aliphatic rings. The van der Waals surface area contributed by atoms with Gasteiger partial charge in [-0.1, -0.05) is 18.6 Å². The first kappa shape index (κ1) is 10.7. The van der Waals surface area contributed by atoms with E-state index in [1.165, 1.54) is 0 Å². The Balaban J connectivity index is 1.94. The summed E-state index contributed by atoms with van der Waals surface area (Å²) >= 11 is 0. The number of hydrogen-bond donors (Lipinski definition) is 2. The van der Waals surface area contributed by atoms with Gasteiger partial charge < -0.3 is 11.1 Å². The fraction of sp³-hybridized carbons (Fsp3) is 0.750. The largest absolute Gasteiger partial charge is 0.352 e. The summed E-state index contributed by atoms with van der Waals surface area (Å²) in [7, 11) is 0. The second-order valence-corrected chi connectivity index (χ2v) is 5.03. The lowest BCUT2D eigenvalue weighted by atomic mass is 9.84. The minimum atomic E-state index is -0.331. The first-order valence-corrected chi connectivity index (χ1v) is 5.84. The van der Waals surface area contributed by atoms with Gasteiger partial charge in [0.05, 0.1) is 5.41 Å². The molecule has 0 heterocycles. The number of carbonyl (C=O) groups is 1. The van der Waals surface area contributed by atoms with Gasteiger partial charge in [-0.3, -0.25) is 4.79 Å². The summed E-state index contributed by atoms with van der Waals surface area (Å²) in [5.41, 5.74) is 5.68. The Morgan fingerprint density at radius 2 is 2.13 bits per heavy atom. The van der Waals surface area contributed by atoms with Crippen molar-refractivity contribution < 1.29 is 4.79 Å². The zero-order chi connectivity index (χ0) is 10.9. The van der Waals surface area contributed by atoms with E-state index in [4.69, 9.17) is 5.73 Å². The summed E-state index contributed by atoms with van der Waals surface area (Å²) in [5, 5.41) is 3.11. The molecule has 1 amide bonds. The molecule has 0 aromatic heterocycles. The average Bonchev–Trinajstić information content (AvgIpc) is 2.79. The predicted molar refractivity (Wildman–Crippen MR) is 60.2 cm³/mol. The Hall–Kier alpha value is -0.830. The molecule has 15 heavy (non-hydrogen) atoms. The van der Waals surface area contributed by atoms with Crippen LogP contribution in [-0.2, 0) is 4.79 Å². The second kappa shape index (κ2) is 3.97. The van der Waals surface area contributed by atoms with Crippen LogP contribution in [0.3, 0.4) is 0 Å². The molecule has 0 spiro atoms. The smallest absolute Gasteiger partial charge is 0.227 e. The Morgan fingerprint density at radius 1 is 1.47 bits per heavy atom. The maximum absolute atomic E-state index is 12.1.